The van der Waals surface area contributed by atoms with E-state index in [-0.39, 0.29) is 12.5 Å². The third-order valence-electron chi connectivity index (χ3n) is 4.58. The number of carbonyl (C=O) groups excluding carboxylic acids is 1. The van der Waals surface area contributed by atoms with Crippen LogP contribution in [0, 0.1) is 11.3 Å². The van der Waals surface area contributed by atoms with Crippen LogP contribution in [-0.4, -0.2) is 54.7 Å². The summed E-state index contributed by atoms with van der Waals surface area (Å²) in [7, 11) is 0. The van der Waals surface area contributed by atoms with Crippen molar-refractivity contribution in [3.8, 4) is 17.6 Å². The van der Waals surface area contributed by atoms with Crippen molar-refractivity contribution < 1.29 is 14.3 Å². The molecule has 0 spiro atoms. The fourth-order valence-electron chi connectivity index (χ4n) is 3.22. The van der Waals surface area contributed by atoms with Crippen LogP contribution in [0.2, 0.25) is 0 Å². The van der Waals surface area contributed by atoms with Crippen LogP contribution in [0.1, 0.15) is 5.56 Å². The zero-order valence-corrected chi connectivity index (χ0v) is 14.2. The number of nitriles is 1. The minimum absolute atomic E-state index is 0.0688. The normalized spacial score (nSPS) is 19.0. The standard InChI is InChI=1S/C19H18N4O3/c20-12-14-4-3-7-21-18(14)22-8-10-23(11-9-22)19(24)17-13-25-15-5-1-2-6-16(15)26-17/h1-7,17H,8-11,13H2. The monoisotopic (exact) mass is 350 g/mol. The summed E-state index contributed by atoms with van der Waals surface area (Å²) in [6, 6.07) is 13.0. The van der Waals surface area contributed by atoms with Crippen LogP contribution in [0.5, 0.6) is 11.5 Å². The van der Waals surface area contributed by atoms with Crippen LogP contribution in [0.25, 0.3) is 0 Å². The quantitative estimate of drug-likeness (QED) is 0.816. The first kappa shape index (κ1) is 16.2. The third-order valence-corrected chi connectivity index (χ3v) is 4.58. The number of para-hydroxylation sites is 2. The van der Waals surface area contributed by atoms with E-state index in [2.05, 4.69) is 11.1 Å². The van der Waals surface area contributed by atoms with Crippen molar-refractivity contribution in [2.75, 3.05) is 37.7 Å². The number of amides is 1. The summed E-state index contributed by atoms with van der Waals surface area (Å²) < 4.78 is 11.4. The van der Waals surface area contributed by atoms with E-state index < -0.39 is 6.10 Å². The highest BCUT2D eigenvalue weighted by atomic mass is 16.6. The molecule has 132 valence electrons. The first-order valence-electron chi connectivity index (χ1n) is 8.53. The average molecular weight is 350 g/mol. The van der Waals surface area contributed by atoms with Gasteiger partial charge in [-0.1, -0.05) is 12.1 Å². The maximum absolute atomic E-state index is 12.8. The highest BCUT2D eigenvalue weighted by Gasteiger charge is 2.33. The number of anilines is 1. The zero-order valence-electron chi connectivity index (χ0n) is 14.2. The van der Waals surface area contributed by atoms with Gasteiger partial charge in [0, 0.05) is 32.4 Å². The van der Waals surface area contributed by atoms with Gasteiger partial charge in [-0.15, -0.1) is 0 Å². The number of hydrogen-bond acceptors (Lipinski definition) is 6. The molecular formula is C19H18N4O3. The summed E-state index contributed by atoms with van der Waals surface area (Å²) in [4.78, 5) is 20.9. The summed E-state index contributed by atoms with van der Waals surface area (Å²) >= 11 is 0. The topological polar surface area (TPSA) is 78.7 Å². The van der Waals surface area contributed by atoms with Gasteiger partial charge in [-0.2, -0.15) is 5.26 Å². The Bertz CT molecular complexity index is 856. The van der Waals surface area contributed by atoms with Crippen LogP contribution in [0.3, 0.4) is 0 Å². The Hall–Kier alpha value is -3.27. The molecule has 3 heterocycles. The smallest absolute Gasteiger partial charge is 0.267 e. The van der Waals surface area contributed by atoms with Gasteiger partial charge >= 0.3 is 0 Å². The highest BCUT2D eigenvalue weighted by molar-refractivity contribution is 5.82. The number of ether oxygens (including phenoxy) is 2. The zero-order chi connectivity index (χ0) is 17.9. The van der Waals surface area contributed by atoms with E-state index in [0.29, 0.717) is 49.1 Å². The molecule has 1 unspecified atom stereocenters. The van der Waals surface area contributed by atoms with Crippen molar-refractivity contribution in [2.24, 2.45) is 0 Å². The van der Waals surface area contributed by atoms with Crippen molar-refractivity contribution in [3.63, 3.8) is 0 Å². The van der Waals surface area contributed by atoms with Crippen molar-refractivity contribution in [3.05, 3.63) is 48.2 Å². The predicted octanol–water partition coefficient (Wildman–Crippen LogP) is 1.44. The van der Waals surface area contributed by atoms with Crippen molar-refractivity contribution in [1.29, 1.82) is 5.26 Å². The Kier molecular flexibility index (Phi) is 4.32. The molecule has 1 fully saturated rings. The van der Waals surface area contributed by atoms with E-state index in [0.717, 1.165) is 0 Å². The lowest BCUT2D eigenvalue weighted by Crippen LogP contribution is -2.54. The molecule has 2 aliphatic heterocycles. The van der Waals surface area contributed by atoms with E-state index in [1.807, 2.05) is 23.1 Å². The van der Waals surface area contributed by atoms with E-state index in [1.54, 1.807) is 29.3 Å². The van der Waals surface area contributed by atoms with Crippen molar-refractivity contribution in [2.45, 2.75) is 6.10 Å². The molecule has 7 nitrogen and oxygen atoms in total. The van der Waals surface area contributed by atoms with Crippen molar-refractivity contribution in [1.82, 2.24) is 9.88 Å². The number of benzene rings is 1. The molecule has 2 aliphatic rings. The minimum atomic E-state index is -0.624. The maximum Gasteiger partial charge on any atom is 0.267 e. The second-order valence-corrected chi connectivity index (χ2v) is 6.16. The fraction of sp³-hybridized carbons (Fsp3) is 0.316. The van der Waals surface area contributed by atoms with Crippen LogP contribution >= 0.6 is 0 Å². The van der Waals surface area contributed by atoms with Crippen LogP contribution in [0.15, 0.2) is 42.6 Å². The summed E-state index contributed by atoms with van der Waals surface area (Å²) in [5.74, 6) is 1.87. The Morgan fingerprint density at radius 2 is 1.88 bits per heavy atom. The lowest BCUT2D eigenvalue weighted by Gasteiger charge is -2.37. The number of pyridine rings is 1. The number of aromatic nitrogens is 1. The molecular weight excluding hydrogens is 332 g/mol. The second kappa shape index (κ2) is 6.92. The Labute approximate surface area is 151 Å². The van der Waals surface area contributed by atoms with Gasteiger partial charge in [0.1, 0.15) is 18.5 Å². The van der Waals surface area contributed by atoms with Gasteiger partial charge in [-0.3, -0.25) is 4.79 Å². The molecule has 26 heavy (non-hydrogen) atoms. The average Bonchev–Trinajstić information content (AvgIpc) is 2.73. The molecule has 0 saturated carbocycles. The van der Waals surface area contributed by atoms with Gasteiger partial charge in [0.05, 0.1) is 5.56 Å². The summed E-state index contributed by atoms with van der Waals surface area (Å²) in [6.45, 7) is 2.58. The van der Waals surface area contributed by atoms with Crippen molar-refractivity contribution >= 4 is 11.7 Å². The molecule has 2 aromatic rings. The number of fused-ring (bicyclic) bond motifs is 1. The van der Waals surface area contributed by atoms with Crippen LogP contribution in [-0.2, 0) is 4.79 Å². The lowest BCUT2D eigenvalue weighted by atomic mass is 10.2. The second-order valence-electron chi connectivity index (χ2n) is 6.16. The highest BCUT2D eigenvalue weighted by Crippen LogP contribution is 2.31. The Morgan fingerprint density at radius 3 is 2.65 bits per heavy atom. The predicted molar refractivity (Wildman–Crippen MR) is 94.1 cm³/mol. The van der Waals surface area contributed by atoms with Crippen LogP contribution in [0.4, 0.5) is 5.82 Å². The van der Waals surface area contributed by atoms with Gasteiger partial charge in [-0.25, -0.2) is 4.98 Å². The summed E-state index contributed by atoms with van der Waals surface area (Å²) in [5, 5.41) is 9.23. The van der Waals surface area contributed by atoms with Gasteiger partial charge in [-0.05, 0) is 24.3 Å². The van der Waals surface area contributed by atoms with Gasteiger partial charge in [0.25, 0.3) is 5.91 Å². The summed E-state index contributed by atoms with van der Waals surface area (Å²) in [6.07, 6.45) is 1.05. The molecule has 4 rings (SSSR count). The molecule has 1 atom stereocenters. The Morgan fingerprint density at radius 1 is 1.12 bits per heavy atom. The fourth-order valence-corrected chi connectivity index (χ4v) is 3.22. The van der Waals surface area contributed by atoms with E-state index >= 15 is 0 Å². The lowest BCUT2D eigenvalue weighted by molar-refractivity contribution is -0.141. The van der Waals surface area contributed by atoms with Gasteiger partial charge < -0.3 is 19.3 Å². The molecule has 0 radical (unpaired) electrons. The van der Waals surface area contributed by atoms with E-state index in [4.69, 9.17) is 9.47 Å². The van der Waals surface area contributed by atoms with E-state index in [1.165, 1.54) is 0 Å². The van der Waals surface area contributed by atoms with Crippen LogP contribution < -0.4 is 14.4 Å². The minimum Gasteiger partial charge on any atom is -0.485 e. The molecule has 1 amide bonds. The summed E-state index contributed by atoms with van der Waals surface area (Å²) in [5.41, 5.74) is 0.549. The Balaban J connectivity index is 1.39. The SMILES string of the molecule is N#Cc1cccnc1N1CCN(C(=O)C2COc3ccccc3O2)CC1. The molecule has 1 aromatic carbocycles. The largest absolute Gasteiger partial charge is 0.485 e. The molecule has 0 bridgehead atoms. The third kappa shape index (κ3) is 3.02. The number of carbonyl (C=O) groups is 1. The van der Waals surface area contributed by atoms with Gasteiger partial charge in [0.15, 0.2) is 11.5 Å². The first-order valence-corrected chi connectivity index (χ1v) is 8.53. The molecule has 7 heteroatoms. The van der Waals surface area contributed by atoms with Gasteiger partial charge in [0.2, 0.25) is 6.10 Å². The number of hydrogen-bond donors (Lipinski definition) is 0. The first-order chi connectivity index (χ1) is 12.8. The number of piperazine rings is 1. The van der Waals surface area contributed by atoms with E-state index in [9.17, 15) is 10.1 Å². The molecule has 1 saturated heterocycles. The number of rotatable bonds is 2. The number of nitrogens with zero attached hydrogens (tertiary/aromatic N) is 4. The molecule has 0 N–H and O–H groups in total. The maximum atomic E-state index is 12.8. The molecule has 0 aliphatic carbocycles. The molecule has 1 aromatic heterocycles.